The largest absolute Gasteiger partial charge is 0.504 e. The van der Waals surface area contributed by atoms with E-state index < -0.39 is 22.3 Å². The third kappa shape index (κ3) is 3.82. The first-order valence-electron chi connectivity index (χ1n) is 5.81. The number of nitrogens with zero attached hydrogens (tertiary/aromatic N) is 1. The van der Waals surface area contributed by atoms with Gasteiger partial charge in [0.1, 0.15) is 12.2 Å². The number of rotatable bonds is 7. The fourth-order valence-electron chi connectivity index (χ4n) is 1.43. The summed E-state index contributed by atoms with van der Waals surface area (Å²) in [6, 6.07) is 1.94. The molecule has 0 aromatic heterocycles. The highest BCUT2D eigenvalue weighted by Gasteiger charge is 2.25. The average Bonchev–Trinajstić information content (AvgIpc) is 2.40. The Hall–Kier alpha value is -2.35. The first-order valence-corrected chi connectivity index (χ1v) is 5.81. The maximum Gasteiger partial charge on any atom is 0.345 e. The van der Waals surface area contributed by atoms with E-state index in [-0.39, 0.29) is 31.1 Å². The van der Waals surface area contributed by atoms with Crippen LogP contribution in [0.1, 0.15) is 17.3 Å². The first-order chi connectivity index (χ1) is 9.51. The van der Waals surface area contributed by atoms with Gasteiger partial charge in [-0.2, -0.15) is 0 Å². The lowest BCUT2D eigenvalue weighted by Gasteiger charge is -2.10. The third-order valence-corrected chi connectivity index (χ3v) is 2.31. The number of nitro benzene ring substituents is 1. The van der Waals surface area contributed by atoms with E-state index in [1.165, 1.54) is 7.11 Å². The highest BCUT2D eigenvalue weighted by atomic mass is 16.6. The van der Waals surface area contributed by atoms with Crippen LogP contribution < -0.4 is 4.74 Å². The van der Waals surface area contributed by atoms with Gasteiger partial charge in [-0.3, -0.25) is 10.1 Å². The zero-order chi connectivity index (χ0) is 15.1. The fourth-order valence-corrected chi connectivity index (χ4v) is 1.43. The molecule has 0 atom stereocenters. The van der Waals surface area contributed by atoms with Crippen molar-refractivity contribution in [3.8, 4) is 11.5 Å². The van der Waals surface area contributed by atoms with Gasteiger partial charge in [-0.15, -0.1) is 0 Å². The van der Waals surface area contributed by atoms with E-state index in [0.29, 0.717) is 0 Å². The minimum Gasteiger partial charge on any atom is -0.504 e. The second-order valence-corrected chi connectivity index (χ2v) is 3.66. The van der Waals surface area contributed by atoms with Gasteiger partial charge in [0.05, 0.1) is 24.2 Å². The normalized spacial score (nSPS) is 10.1. The Morgan fingerprint density at radius 3 is 2.65 bits per heavy atom. The first kappa shape index (κ1) is 15.7. The van der Waals surface area contributed by atoms with E-state index in [2.05, 4.69) is 0 Å². The molecule has 0 unspecified atom stereocenters. The molecule has 0 bridgehead atoms. The monoisotopic (exact) mass is 285 g/mol. The molecule has 1 aromatic rings. The van der Waals surface area contributed by atoms with Crippen molar-refractivity contribution in [3.63, 3.8) is 0 Å². The van der Waals surface area contributed by atoms with Gasteiger partial charge in [0.25, 0.3) is 5.69 Å². The molecule has 0 amide bonds. The van der Waals surface area contributed by atoms with E-state index >= 15 is 0 Å². The van der Waals surface area contributed by atoms with Crippen LogP contribution >= 0.6 is 0 Å². The van der Waals surface area contributed by atoms with Crippen LogP contribution in [0.4, 0.5) is 5.69 Å². The Bertz CT molecular complexity index is 501. The molecule has 20 heavy (non-hydrogen) atoms. The number of phenolic OH excluding ortho intramolecular Hbond substituents is 1. The second-order valence-electron chi connectivity index (χ2n) is 3.66. The summed E-state index contributed by atoms with van der Waals surface area (Å²) in [6.45, 7) is 2.06. The highest BCUT2D eigenvalue weighted by molar-refractivity contribution is 5.95. The van der Waals surface area contributed by atoms with Crippen LogP contribution in [0.5, 0.6) is 11.5 Å². The lowest BCUT2D eigenvalue weighted by atomic mass is 10.1. The van der Waals surface area contributed by atoms with Crippen molar-refractivity contribution in [2.45, 2.75) is 6.92 Å². The van der Waals surface area contributed by atoms with Gasteiger partial charge in [0.2, 0.25) is 0 Å². The molecule has 110 valence electrons. The number of esters is 1. The fraction of sp³-hybridized carbons (Fsp3) is 0.417. The number of hydrogen-bond acceptors (Lipinski definition) is 7. The van der Waals surface area contributed by atoms with Crippen molar-refractivity contribution in [2.75, 3.05) is 26.9 Å². The van der Waals surface area contributed by atoms with Gasteiger partial charge in [-0.1, -0.05) is 0 Å². The van der Waals surface area contributed by atoms with Crippen molar-refractivity contribution in [3.05, 3.63) is 27.8 Å². The lowest BCUT2D eigenvalue weighted by Crippen LogP contribution is -2.10. The third-order valence-electron chi connectivity index (χ3n) is 2.31. The lowest BCUT2D eigenvalue weighted by molar-refractivity contribution is -0.385. The van der Waals surface area contributed by atoms with Crippen molar-refractivity contribution >= 4 is 11.7 Å². The second kappa shape index (κ2) is 7.29. The molecular weight excluding hydrogens is 270 g/mol. The maximum atomic E-state index is 11.7. The van der Waals surface area contributed by atoms with Gasteiger partial charge in [0, 0.05) is 13.2 Å². The molecule has 1 aromatic carbocycles. The number of benzene rings is 1. The Morgan fingerprint density at radius 2 is 2.10 bits per heavy atom. The van der Waals surface area contributed by atoms with Crippen LogP contribution in [-0.2, 0) is 9.47 Å². The van der Waals surface area contributed by atoms with Crippen molar-refractivity contribution in [1.82, 2.24) is 0 Å². The summed E-state index contributed by atoms with van der Waals surface area (Å²) in [6.07, 6.45) is 0. The molecule has 0 aliphatic rings. The van der Waals surface area contributed by atoms with E-state index in [9.17, 15) is 20.0 Å². The molecule has 0 aliphatic heterocycles. The van der Waals surface area contributed by atoms with Gasteiger partial charge < -0.3 is 19.3 Å². The molecule has 0 spiro atoms. The SMILES string of the molecule is CCOC(=O)c1cc(OCCOC)c(O)cc1[N+](=O)[O-]. The highest BCUT2D eigenvalue weighted by Crippen LogP contribution is 2.34. The average molecular weight is 285 g/mol. The number of carbonyl (C=O) groups is 1. The summed E-state index contributed by atoms with van der Waals surface area (Å²) in [5.41, 5.74) is -0.817. The van der Waals surface area contributed by atoms with Gasteiger partial charge in [-0.25, -0.2) is 4.79 Å². The number of ether oxygens (including phenoxy) is 3. The molecule has 0 fully saturated rings. The van der Waals surface area contributed by atoms with E-state index in [1.807, 2.05) is 0 Å². The van der Waals surface area contributed by atoms with Crippen molar-refractivity contribution in [2.24, 2.45) is 0 Å². The molecule has 1 N–H and O–H groups in total. The Kier molecular flexibility index (Phi) is 5.73. The number of aromatic hydroxyl groups is 1. The number of carbonyl (C=O) groups excluding carboxylic acids is 1. The standard InChI is InChI=1S/C12H15NO7/c1-3-19-12(15)8-6-11(20-5-4-18-2)10(14)7-9(8)13(16)17/h6-7,14H,3-5H2,1-2H3. The Labute approximate surface area is 115 Å². The molecule has 0 aliphatic carbocycles. The molecule has 1 rings (SSSR count). The number of phenols is 1. The number of methoxy groups -OCH3 is 1. The summed E-state index contributed by atoms with van der Waals surface area (Å²) >= 11 is 0. The van der Waals surface area contributed by atoms with Crippen LogP contribution in [0.15, 0.2) is 12.1 Å². The van der Waals surface area contributed by atoms with Gasteiger partial charge in [-0.05, 0) is 6.92 Å². The summed E-state index contributed by atoms with van der Waals surface area (Å²) in [4.78, 5) is 21.8. The smallest absolute Gasteiger partial charge is 0.345 e. The predicted octanol–water partition coefficient (Wildman–Crippen LogP) is 1.50. The van der Waals surface area contributed by atoms with E-state index in [1.54, 1.807) is 6.92 Å². The van der Waals surface area contributed by atoms with Crippen LogP contribution in [0, 0.1) is 10.1 Å². The van der Waals surface area contributed by atoms with Gasteiger partial charge in [0.15, 0.2) is 11.5 Å². The van der Waals surface area contributed by atoms with E-state index in [0.717, 1.165) is 12.1 Å². The quantitative estimate of drug-likeness (QED) is 0.350. The molecule has 8 heteroatoms. The molecule has 0 radical (unpaired) electrons. The van der Waals surface area contributed by atoms with Crippen molar-refractivity contribution in [1.29, 1.82) is 0 Å². The predicted molar refractivity (Wildman–Crippen MR) is 68.1 cm³/mol. The van der Waals surface area contributed by atoms with Gasteiger partial charge >= 0.3 is 5.97 Å². The summed E-state index contributed by atoms with van der Waals surface area (Å²) in [5.74, 6) is -1.33. The Morgan fingerprint density at radius 1 is 1.40 bits per heavy atom. The van der Waals surface area contributed by atoms with Crippen LogP contribution in [0.25, 0.3) is 0 Å². The minimum atomic E-state index is -0.851. The Balaban J connectivity index is 3.13. The molecule has 0 saturated heterocycles. The zero-order valence-corrected chi connectivity index (χ0v) is 11.1. The van der Waals surface area contributed by atoms with Crippen LogP contribution in [0.2, 0.25) is 0 Å². The molecule has 0 saturated carbocycles. The summed E-state index contributed by atoms with van der Waals surface area (Å²) < 4.78 is 14.7. The topological polar surface area (TPSA) is 108 Å². The molecule has 0 heterocycles. The summed E-state index contributed by atoms with van der Waals surface area (Å²) in [5, 5.41) is 20.5. The minimum absolute atomic E-state index is 0.0456. The van der Waals surface area contributed by atoms with Crippen LogP contribution in [0.3, 0.4) is 0 Å². The van der Waals surface area contributed by atoms with E-state index in [4.69, 9.17) is 14.2 Å². The number of nitro groups is 1. The maximum absolute atomic E-state index is 11.7. The number of hydrogen-bond donors (Lipinski definition) is 1. The summed E-state index contributed by atoms with van der Waals surface area (Å²) in [7, 11) is 1.48. The zero-order valence-electron chi connectivity index (χ0n) is 11.1. The molecular formula is C12H15NO7. The molecule has 8 nitrogen and oxygen atoms in total. The van der Waals surface area contributed by atoms with Crippen LogP contribution in [-0.4, -0.2) is 42.9 Å². The van der Waals surface area contributed by atoms with Crippen molar-refractivity contribution < 1.29 is 29.0 Å².